The number of nitrogens with one attached hydrogen (secondary N) is 2. The van der Waals surface area contributed by atoms with Crippen molar-refractivity contribution in [2.75, 3.05) is 39.7 Å². The Labute approximate surface area is 299 Å². The van der Waals surface area contributed by atoms with Crippen LogP contribution < -0.4 is 20.1 Å². The highest BCUT2D eigenvalue weighted by Crippen LogP contribution is 2.46. The minimum absolute atomic E-state index is 0.0235. The van der Waals surface area contributed by atoms with E-state index in [1.807, 2.05) is 49.0 Å². The summed E-state index contributed by atoms with van der Waals surface area (Å²) >= 11 is 13.5. The number of methoxy groups -OCH3 is 2. The third kappa shape index (κ3) is 6.78. The lowest BCUT2D eigenvalue weighted by Gasteiger charge is -2.21. The Kier molecular flexibility index (Phi) is 10.7. The van der Waals surface area contributed by atoms with Crippen molar-refractivity contribution in [2.45, 2.75) is 44.5 Å². The molecule has 1 aliphatic heterocycles. The summed E-state index contributed by atoms with van der Waals surface area (Å²) in [6.07, 6.45) is 1.49. The number of nitrogens with zero attached hydrogens (tertiary/aromatic N) is 3. The smallest absolute Gasteiger partial charge is 0.325 e. The van der Waals surface area contributed by atoms with Crippen LogP contribution in [0.5, 0.6) is 11.5 Å². The molecule has 1 aliphatic carbocycles. The number of ether oxygens (including phenoxy) is 3. The van der Waals surface area contributed by atoms with E-state index in [0.29, 0.717) is 41.5 Å². The third-order valence-corrected chi connectivity index (χ3v) is 9.97. The fourth-order valence-electron chi connectivity index (χ4n) is 6.70. The van der Waals surface area contributed by atoms with Crippen molar-refractivity contribution < 1.29 is 33.3 Å². The number of benzene rings is 3. The summed E-state index contributed by atoms with van der Waals surface area (Å²) < 4.78 is 34.0. The number of fused-ring (bicyclic) bond motifs is 2. The summed E-state index contributed by atoms with van der Waals surface area (Å²) in [5, 5.41) is 15.7. The van der Waals surface area contributed by atoms with Crippen molar-refractivity contribution in [3.8, 4) is 22.6 Å². The van der Waals surface area contributed by atoms with E-state index in [9.17, 15) is 14.7 Å². The number of carbonyl (C=O) groups excluding carboxylic acids is 2. The molecule has 0 radical (unpaired) electrons. The van der Waals surface area contributed by atoms with Gasteiger partial charge in [-0.05, 0) is 48.7 Å². The van der Waals surface area contributed by atoms with E-state index >= 15 is 4.39 Å². The van der Waals surface area contributed by atoms with Crippen molar-refractivity contribution in [2.24, 2.45) is 7.05 Å². The Morgan fingerprint density at radius 2 is 1.86 bits per heavy atom. The van der Waals surface area contributed by atoms with Crippen LogP contribution in [0.1, 0.15) is 51.2 Å². The first-order valence-corrected chi connectivity index (χ1v) is 16.9. The summed E-state index contributed by atoms with van der Waals surface area (Å²) in [7, 11) is 6.42. The normalized spacial score (nSPS) is 16.0. The molecule has 0 spiro atoms. The second-order valence-corrected chi connectivity index (χ2v) is 13.1. The van der Waals surface area contributed by atoms with E-state index in [4.69, 9.17) is 32.7 Å². The second-order valence-electron chi connectivity index (χ2n) is 12.3. The molecule has 0 fully saturated rings. The Morgan fingerprint density at radius 1 is 1.10 bits per heavy atom. The minimum Gasteiger partial charge on any atom is -0.493 e. The number of carbonyl (C=O) groups is 2. The van der Waals surface area contributed by atoms with Crippen molar-refractivity contribution in [1.29, 1.82) is 0 Å². The van der Waals surface area contributed by atoms with Gasteiger partial charge in [0.25, 0.3) is 5.91 Å². The standard InChI is InChI=1S/C36H38Cl2FN5O6/c1-43-14-13-28-26(17-43)41-34(44(28)2)35(46)42-25-10-6-9-23(30(25)38)20-7-5-8-22-21(20)11-12-29(22)50-33-24(37)15-19(32(48-3)31(33)39)16-40-27(18-45)36(47)49-4/h5-10,15,27,29,40,45H,11-14,16-18H2,1-4H3,(H,42,46)/t27-,29?/m0/s1. The maximum absolute atomic E-state index is 15.9. The van der Waals surface area contributed by atoms with Crippen LogP contribution in [0, 0.1) is 5.82 Å². The molecular formula is C36H38Cl2FN5O6. The lowest BCUT2D eigenvalue weighted by atomic mass is 9.96. The first-order chi connectivity index (χ1) is 24.1. The van der Waals surface area contributed by atoms with Crippen molar-refractivity contribution >= 4 is 40.8 Å². The van der Waals surface area contributed by atoms with Crippen LogP contribution in [0.3, 0.4) is 0 Å². The first kappa shape index (κ1) is 35.6. The zero-order valence-electron chi connectivity index (χ0n) is 28.1. The molecule has 4 aromatic rings. The van der Waals surface area contributed by atoms with Gasteiger partial charge in [-0.15, -0.1) is 0 Å². The topological polar surface area (TPSA) is 127 Å². The maximum atomic E-state index is 15.9. The van der Waals surface area contributed by atoms with E-state index in [2.05, 4.69) is 25.3 Å². The van der Waals surface area contributed by atoms with E-state index in [-0.39, 0.29) is 29.0 Å². The third-order valence-electron chi connectivity index (χ3n) is 9.28. The van der Waals surface area contributed by atoms with Gasteiger partial charge in [-0.2, -0.15) is 4.39 Å². The van der Waals surface area contributed by atoms with Crippen LogP contribution in [0.4, 0.5) is 10.1 Å². The predicted octanol–water partition coefficient (Wildman–Crippen LogP) is 5.47. The molecule has 2 heterocycles. The summed E-state index contributed by atoms with van der Waals surface area (Å²) in [6, 6.07) is 11.8. The van der Waals surface area contributed by atoms with E-state index in [1.54, 1.807) is 6.07 Å². The van der Waals surface area contributed by atoms with Crippen LogP contribution in [0.25, 0.3) is 11.1 Å². The molecule has 0 saturated heterocycles. The number of aliphatic hydroxyl groups is 1. The number of likely N-dealkylation sites (N-methyl/N-ethyl adjacent to an activating group) is 1. The van der Waals surface area contributed by atoms with Gasteiger partial charge in [0.15, 0.2) is 17.3 Å². The summed E-state index contributed by atoms with van der Waals surface area (Å²) in [5.41, 5.74) is 6.22. The number of imidazole rings is 1. The lowest BCUT2D eigenvalue weighted by Crippen LogP contribution is -2.40. The Morgan fingerprint density at radius 3 is 2.60 bits per heavy atom. The summed E-state index contributed by atoms with van der Waals surface area (Å²) in [5.74, 6) is -1.72. The molecule has 264 valence electrons. The molecule has 6 rings (SSSR count). The number of anilines is 1. The number of amides is 1. The Hall–Kier alpha value is -4.20. The van der Waals surface area contributed by atoms with E-state index < -0.39 is 30.5 Å². The highest BCUT2D eigenvalue weighted by atomic mass is 35.5. The molecule has 0 bridgehead atoms. The predicted molar refractivity (Wildman–Crippen MR) is 187 cm³/mol. The van der Waals surface area contributed by atoms with Gasteiger partial charge in [-0.3, -0.25) is 14.9 Å². The molecular weight excluding hydrogens is 688 g/mol. The molecule has 2 atom stereocenters. The van der Waals surface area contributed by atoms with Gasteiger partial charge in [-0.25, -0.2) is 4.98 Å². The van der Waals surface area contributed by atoms with Gasteiger partial charge >= 0.3 is 5.97 Å². The summed E-state index contributed by atoms with van der Waals surface area (Å²) in [6.45, 7) is 1.05. The molecule has 14 heteroatoms. The van der Waals surface area contributed by atoms with Crippen LogP contribution in [-0.4, -0.2) is 71.9 Å². The number of esters is 1. The number of halogens is 3. The van der Waals surface area contributed by atoms with Gasteiger partial charge in [-0.1, -0.05) is 53.5 Å². The molecule has 2 aliphatic rings. The maximum Gasteiger partial charge on any atom is 0.325 e. The highest BCUT2D eigenvalue weighted by Gasteiger charge is 2.31. The zero-order chi connectivity index (χ0) is 35.7. The lowest BCUT2D eigenvalue weighted by molar-refractivity contribution is -0.144. The molecule has 3 aromatic carbocycles. The number of hydrogen-bond acceptors (Lipinski definition) is 9. The molecule has 1 unspecified atom stereocenters. The van der Waals surface area contributed by atoms with Gasteiger partial charge in [0.05, 0.1) is 42.3 Å². The highest BCUT2D eigenvalue weighted by molar-refractivity contribution is 6.36. The summed E-state index contributed by atoms with van der Waals surface area (Å²) in [4.78, 5) is 32.1. The molecule has 1 amide bonds. The van der Waals surface area contributed by atoms with Crippen LogP contribution in [0.2, 0.25) is 10.0 Å². The van der Waals surface area contributed by atoms with Crippen LogP contribution >= 0.6 is 23.2 Å². The SMILES string of the molecule is COC(=O)[C@H](CO)NCc1cc(Cl)c(OC2CCc3c(-c4cccc(NC(=O)c5nc6c(n5C)CCN(C)C6)c4Cl)cccc32)c(F)c1OC. The van der Waals surface area contributed by atoms with E-state index in [0.717, 1.165) is 46.6 Å². The Balaban J connectivity index is 1.23. The van der Waals surface area contributed by atoms with Gasteiger partial charge < -0.3 is 34.1 Å². The fraction of sp³-hybridized carbons (Fsp3) is 0.361. The average molecular weight is 727 g/mol. The van der Waals surface area contributed by atoms with Gasteiger partial charge in [0.1, 0.15) is 12.1 Å². The average Bonchev–Trinajstić information content (AvgIpc) is 3.67. The largest absolute Gasteiger partial charge is 0.493 e. The first-order valence-electron chi connectivity index (χ1n) is 16.1. The van der Waals surface area contributed by atoms with Crippen molar-refractivity contribution in [1.82, 2.24) is 19.8 Å². The number of rotatable bonds is 11. The molecule has 0 saturated carbocycles. The number of hydrogen-bond donors (Lipinski definition) is 3. The van der Waals surface area contributed by atoms with Crippen molar-refractivity contribution in [3.63, 3.8) is 0 Å². The van der Waals surface area contributed by atoms with Gasteiger partial charge in [0.2, 0.25) is 5.82 Å². The van der Waals surface area contributed by atoms with Crippen LogP contribution in [-0.2, 0) is 42.5 Å². The van der Waals surface area contributed by atoms with Crippen LogP contribution in [0.15, 0.2) is 42.5 Å². The van der Waals surface area contributed by atoms with Crippen molar-refractivity contribution in [3.05, 3.63) is 92.2 Å². The van der Waals surface area contributed by atoms with E-state index in [1.165, 1.54) is 20.3 Å². The zero-order valence-corrected chi connectivity index (χ0v) is 29.6. The molecule has 50 heavy (non-hydrogen) atoms. The molecule has 1 aromatic heterocycles. The Bertz CT molecular complexity index is 1950. The number of aliphatic hydroxyl groups excluding tert-OH is 1. The monoisotopic (exact) mass is 725 g/mol. The second kappa shape index (κ2) is 15.0. The molecule has 3 N–H and O–H groups in total. The number of aromatic nitrogens is 2. The quantitative estimate of drug-likeness (QED) is 0.173. The molecule has 11 nitrogen and oxygen atoms in total. The van der Waals surface area contributed by atoms with Gasteiger partial charge in [0, 0.05) is 49.9 Å². The minimum atomic E-state index is -1.01. The fourth-order valence-corrected chi connectivity index (χ4v) is 7.24.